The van der Waals surface area contributed by atoms with E-state index in [-0.39, 0.29) is 11.8 Å². The molecule has 1 radical (unpaired) electrons. The van der Waals surface area contributed by atoms with Crippen molar-refractivity contribution in [2.24, 2.45) is 0 Å². The van der Waals surface area contributed by atoms with Gasteiger partial charge in [0.05, 0.1) is 15.7 Å². The average molecular weight is 239 g/mol. The molecule has 2 aliphatic rings. The summed E-state index contributed by atoms with van der Waals surface area (Å²) in [6, 6.07) is 3.19. The molecule has 1 atom stereocenters. The van der Waals surface area contributed by atoms with Crippen LogP contribution in [0.5, 0.6) is 0 Å². The number of fused-ring (bicyclic) bond motifs is 3. The van der Waals surface area contributed by atoms with Crippen molar-refractivity contribution in [3.63, 3.8) is 0 Å². The summed E-state index contributed by atoms with van der Waals surface area (Å²) in [4.78, 5) is 11.5. The van der Waals surface area contributed by atoms with Crippen molar-refractivity contribution in [2.45, 2.75) is 12.5 Å². The molecular weight excluding hydrogens is 233 g/mol. The van der Waals surface area contributed by atoms with Crippen LogP contribution in [-0.4, -0.2) is 11.8 Å². The van der Waals surface area contributed by atoms with E-state index in [1.165, 1.54) is 0 Å². The van der Waals surface area contributed by atoms with E-state index in [0.717, 1.165) is 16.8 Å². The van der Waals surface area contributed by atoms with E-state index in [2.05, 4.69) is 5.32 Å². The Hall–Kier alpha value is -0.990. The van der Waals surface area contributed by atoms with Crippen LogP contribution in [0.2, 0.25) is 10.0 Å². The fourth-order valence-corrected chi connectivity index (χ4v) is 2.34. The minimum Gasteiger partial charge on any atom is -0.297 e. The predicted molar refractivity (Wildman–Crippen MR) is 59.6 cm³/mol. The lowest BCUT2D eigenvalue weighted by Gasteiger charge is -2.01. The third-order valence-corrected chi connectivity index (χ3v) is 3.46. The van der Waals surface area contributed by atoms with Crippen molar-refractivity contribution in [3.05, 3.63) is 33.8 Å². The molecule has 2 nitrogen and oxygen atoms in total. The molecule has 0 amide bonds. The Morgan fingerprint density at radius 3 is 2.80 bits per heavy atom. The van der Waals surface area contributed by atoms with Crippen molar-refractivity contribution in [1.29, 1.82) is 0 Å². The number of ketones is 1. The van der Waals surface area contributed by atoms with Gasteiger partial charge in [-0.05, 0) is 17.7 Å². The first-order valence-electron chi connectivity index (χ1n) is 4.60. The summed E-state index contributed by atoms with van der Waals surface area (Å²) in [5.74, 6) is 0.147. The molecule has 0 fully saturated rings. The van der Waals surface area contributed by atoms with Gasteiger partial charge in [0.2, 0.25) is 0 Å². The predicted octanol–water partition coefficient (Wildman–Crippen LogP) is 2.97. The number of rotatable bonds is 0. The lowest BCUT2D eigenvalue weighted by Crippen LogP contribution is -2.20. The largest absolute Gasteiger partial charge is 0.297 e. The first-order chi connectivity index (χ1) is 7.16. The maximum absolute atomic E-state index is 11.5. The van der Waals surface area contributed by atoms with E-state index in [0.29, 0.717) is 16.5 Å². The molecule has 0 bridgehead atoms. The molecule has 1 aliphatic heterocycles. The number of allylic oxidation sites excluding steroid dienone is 1. The fraction of sp³-hybridized carbons (Fsp3) is 0.182. The van der Waals surface area contributed by atoms with Crippen molar-refractivity contribution in [1.82, 2.24) is 5.32 Å². The Kier molecular flexibility index (Phi) is 1.85. The highest BCUT2D eigenvalue weighted by Crippen LogP contribution is 2.43. The fourth-order valence-electron chi connectivity index (χ4n) is 2.02. The van der Waals surface area contributed by atoms with Gasteiger partial charge in [0, 0.05) is 12.0 Å². The molecule has 1 unspecified atom stereocenters. The van der Waals surface area contributed by atoms with Crippen LogP contribution in [0, 0.1) is 0 Å². The Labute approximate surface area is 96.9 Å². The zero-order valence-corrected chi connectivity index (χ0v) is 9.14. The molecule has 3 rings (SSSR count). The van der Waals surface area contributed by atoms with Gasteiger partial charge in [-0.25, -0.2) is 0 Å². The van der Waals surface area contributed by atoms with E-state index in [9.17, 15) is 4.79 Å². The van der Waals surface area contributed by atoms with Gasteiger partial charge >= 0.3 is 0 Å². The van der Waals surface area contributed by atoms with Gasteiger partial charge in [-0.15, -0.1) is 0 Å². The highest BCUT2D eigenvalue weighted by molar-refractivity contribution is 6.42. The van der Waals surface area contributed by atoms with E-state index in [1.54, 1.807) is 12.1 Å². The number of nitrogens with zero attached hydrogens (tertiary/aromatic N) is 1. The van der Waals surface area contributed by atoms with E-state index < -0.39 is 0 Å². The number of carbonyl (C=O) groups excluding carboxylic acids is 1. The summed E-state index contributed by atoms with van der Waals surface area (Å²) in [7, 11) is 0. The maximum atomic E-state index is 11.5. The summed E-state index contributed by atoms with van der Waals surface area (Å²) in [6.45, 7) is 0. The molecule has 75 valence electrons. The zero-order valence-electron chi connectivity index (χ0n) is 7.63. The van der Waals surface area contributed by atoms with Gasteiger partial charge < -0.3 is 0 Å². The number of benzene rings is 1. The Balaban J connectivity index is 2.19. The van der Waals surface area contributed by atoms with Crippen LogP contribution in [0.15, 0.2) is 18.2 Å². The molecular formula is C11H6Cl2NO. The number of Topliss-reactive ketones (excluding diaryl/α,β-unsaturated/α-hetero) is 1. The molecule has 0 spiro atoms. The second-order valence-corrected chi connectivity index (χ2v) is 4.46. The van der Waals surface area contributed by atoms with E-state index >= 15 is 0 Å². The first kappa shape index (κ1) is 9.25. The molecule has 1 aromatic rings. The molecule has 1 aromatic carbocycles. The van der Waals surface area contributed by atoms with Crippen molar-refractivity contribution >= 4 is 40.2 Å². The Bertz CT molecular complexity index is 508. The van der Waals surface area contributed by atoms with Gasteiger partial charge in [-0.1, -0.05) is 29.3 Å². The van der Waals surface area contributed by atoms with E-state index in [4.69, 9.17) is 23.2 Å². The van der Waals surface area contributed by atoms with Crippen LogP contribution in [0.4, 0.5) is 5.69 Å². The Morgan fingerprint density at radius 2 is 2.00 bits per heavy atom. The molecule has 15 heavy (non-hydrogen) atoms. The topological polar surface area (TPSA) is 31.2 Å². The van der Waals surface area contributed by atoms with E-state index in [1.807, 2.05) is 6.08 Å². The number of carbonyl (C=O) groups is 1. The average Bonchev–Trinajstić information content (AvgIpc) is 2.70. The first-order valence-corrected chi connectivity index (χ1v) is 5.35. The molecule has 0 aromatic heterocycles. The summed E-state index contributed by atoms with van der Waals surface area (Å²) >= 11 is 11.8. The van der Waals surface area contributed by atoms with Gasteiger partial charge in [-0.3, -0.25) is 10.1 Å². The molecule has 1 heterocycles. The summed E-state index contributed by atoms with van der Waals surface area (Å²) < 4.78 is 0. The van der Waals surface area contributed by atoms with Crippen molar-refractivity contribution in [2.75, 3.05) is 0 Å². The second-order valence-electron chi connectivity index (χ2n) is 3.65. The van der Waals surface area contributed by atoms with Crippen LogP contribution >= 0.6 is 23.2 Å². The normalized spacial score (nSPS) is 22.1. The highest BCUT2D eigenvalue weighted by Gasteiger charge is 2.37. The SMILES string of the molecule is O=C1CC=C2c3cc(Cl)c(Cl)cc3[N]C12. The quantitative estimate of drug-likeness (QED) is 0.684. The Morgan fingerprint density at radius 1 is 1.27 bits per heavy atom. The minimum atomic E-state index is -0.311. The molecule has 0 saturated carbocycles. The molecule has 1 aliphatic carbocycles. The molecule has 0 N–H and O–H groups in total. The summed E-state index contributed by atoms with van der Waals surface area (Å²) in [5, 5.41) is 5.32. The van der Waals surface area contributed by atoms with Crippen LogP contribution in [0.3, 0.4) is 0 Å². The minimum absolute atomic E-state index is 0.147. The number of hydrogen-bond acceptors (Lipinski definition) is 1. The van der Waals surface area contributed by atoms with Gasteiger partial charge in [0.25, 0.3) is 0 Å². The third-order valence-electron chi connectivity index (χ3n) is 2.74. The van der Waals surface area contributed by atoms with Crippen LogP contribution in [0.25, 0.3) is 5.57 Å². The van der Waals surface area contributed by atoms with Gasteiger partial charge in [-0.2, -0.15) is 0 Å². The zero-order chi connectivity index (χ0) is 10.6. The van der Waals surface area contributed by atoms with Crippen LogP contribution in [-0.2, 0) is 4.79 Å². The van der Waals surface area contributed by atoms with Crippen molar-refractivity contribution < 1.29 is 4.79 Å². The standard InChI is InChI=1S/C11H6Cl2NO/c12-7-3-6-5-1-2-10(15)11(5)14-9(6)4-8(7)13/h1,3-4,11H,2H2. The van der Waals surface area contributed by atoms with Gasteiger partial charge in [0.15, 0.2) is 5.78 Å². The monoisotopic (exact) mass is 238 g/mol. The molecule has 0 saturated heterocycles. The lowest BCUT2D eigenvalue weighted by atomic mass is 10.1. The smallest absolute Gasteiger partial charge is 0.165 e. The van der Waals surface area contributed by atoms with Crippen LogP contribution in [0.1, 0.15) is 12.0 Å². The maximum Gasteiger partial charge on any atom is 0.165 e. The summed E-state index contributed by atoms with van der Waals surface area (Å²) in [5.41, 5.74) is 2.70. The van der Waals surface area contributed by atoms with Gasteiger partial charge in [0.1, 0.15) is 6.04 Å². The summed E-state index contributed by atoms with van der Waals surface area (Å²) in [6.07, 6.45) is 2.40. The van der Waals surface area contributed by atoms with Crippen LogP contribution < -0.4 is 5.32 Å². The molecule has 4 heteroatoms. The lowest BCUT2D eigenvalue weighted by molar-refractivity contribution is -0.118. The third kappa shape index (κ3) is 1.22. The number of hydrogen-bond donors (Lipinski definition) is 0. The number of halogens is 2. The second kappa shape index (κ2) is 3.00. The van der Waals surface area contributed by atoms with Crippen molar-refractivity contribution in [3.8, 4) is 0 Å². The highest BCUT2D eigenvalue weighted by atomic mass is 35.5.